The second kappa shape index (κ2) is 15.2. The molecule has 2 heterocycles. The Morgan fingerprint density at radius 3 is 1.84 bits per heavy atom. The van der Waals surface area contributed by atoms with E-state index >= 15 is 4.39 Å². The van der Waals surface area contributed by atoms with E-state index in [4.69, 9.17) is 16.3 Å². The van der Waals surface area contributed by atoms with E-state index in [0.29, 0.717) is 28.1 Å². The molecule has 1 unspecified atom stereocenters. The SMILES string of the molecule is OC(Cc1ccccc1)[C@H]1O[C@@H](c2ccc(Cl)c(Cc3ccc(-c4ccccc4)s3)c2)[C@@](O)(Cc2ccccc2)[C@](O)(Cc2ccccc2)[C@@H]1F. The molecule has 3 N–H and O–H groups in total. The summed E-state index contributed by atoms with van der Waals surface area (Å²) in [7, 11) is 0. The second-order valence-corrected chi connectivity index (χ2v) is 15.0. The molecule has 6 atom stereocenters. The predicted octanol–water partition coefficient (Wildman–Crippen LogP) is 8.99. The van der Waals surface area contributed by atoms with Crippen LogP contribution in [0.15, 0.2) is 152 Å². The van der Waals surface area contributed by atoms with Gasteiger partial charge in [0.2, 0.25) is 0 Å². The highest BCUT2D eigenvalue weighted by molar-refractivity contribution is 7.15. The van der Waals surface area contributed by atoms with Crippen molar-refractivity contribution in [1.82, 2.24) is 0 Å². The van der Waals surface area contributed by atoms with Crippen LogP contribution in [0.1, 0.15) is 38.8 Å². The number of hydrogen-bond acceptors (Lipinski definition) is 5. The fourth-order valence-corrected chi connectivity index (χ4v) is 8.53. The maximum Gasteiger partial charge on any atom is 0.161 e. The Hall–Kier alpha value is -4.14. The van der Waals surface area contributed by atoms with Gasteiger partial charge < -0.3 is 20.1 Å². The molecule has 1 aliphatic rings. The van der Waals surface area contributed by atoms with Gasteiger partial charge in [0.25, 0.3) is 0 Å². The van der Waals surface area contributed by atoms with Gasteiger partial charge in [-0.15, -0.1) is 11.3 Å². The van der Waals surface area contributed by atoms with E-state index in [2.05, 4.69) is 24.3 Å². The summed E-state index contributed by atoms with van der Waals surface area (Å²) in [5, 5.41) is 38.0. The number of thiophene rings is 1. The fourth-order valence-electron chi connectivity index (χ4n) is 7.31. The van der Waals surface area contributed by atoms with Crippen LogP contribution in [0, 0.1) is 0 Å². The van der Waals surface area contributed by atoms with E-state index in [9.17, 15) is 15.3 Å². The van der Waals surface area contributed by atoms with Crippen LogP contribution in [0.5, 0.6) is 0 Å². The molecule has 1 fully saturated rings. The van der Waals surface area contributed by atoms with Gasteiger partial charge in [0.15, 0.2) is 6.17 Å². The zero-order valence-electron chi connectivity index (χ0n) is 28.0. The third-order valence-corrected chi connectivity index (χ3v) is 11.5. The van der Waals surface area contributed by atoms with Crippen molar-refractivity contribution < 1.29 is 24.4 Å². The molecule has 0 spiro atoms. The van der Waals surface area contributed by atoms with Crippen LogP contribution < -0.4 is 0 Å². The number of ether oxygens (including phenoxy) is 1. The van der Waals surface area contributed by atoms with Gasteiger partial charge in [-0.3, -0.25) is 0 Å². The maximum absolute atomic E-state index is 17.3. The van der Waals surface area contributed by atoms with Gasteiger partial charge >= 0.3 is 0 Å². The molecular weight excluding hydrogens is 679 g/mol. The molecular formula is C44H40ClFO4S. The van der Waals surface area contributed by atoms with Crippen LogP contribution >= 0.6 is 22.9 Å². The molecule has 0 aliphatic carbocycles. The maximum atomic E-state index is 17.3. The molecule has 1 aliphatic heterocycles. The van der Waals surface area contributed by atoms with Gasteiger partial charge in [0.05, 0.1) is 6.10 Å². The van der Waals surface area contributed by atoms with Crippen molar-refractivity contribution in [3.05, 3.63) is 189 Å². The summed E-state index contributed by atoms with van der Waals surface area (Å²) >= 11 is 8.49. The molecule has 6 aromatic rings. The Kier molecular flexibility index (Phi) is 10.5. The van der Waals surface area contributed by atoms with Gasteiger partial charge in [-0.1, -0.05) is 145 Å². The average Bonchev–Trinajstić information content (AvgIpc) is 3.62. The molecule has 260 valence electrons. The average molecular weight is 719 g/mol. The highest BCUT2D eigenvalue weighted by atomic mass is 35.5. The summed E-state index contributed by atoms with van der Waals surface area (Å²) in [5.41, 5.74) is 0.0860. The third kappa shape index (κ3) is 7.44. The molecule has 0 saturated carbocycles. The summed E-state index contributed by atoms with van der Waals surface area (Å²) < 4.78 is 23.9. The summed E-state index contributed by atoms with van der Waals surface area (Å²) in [6.45, 7) is 0. The minimum atomic E-state index is -2.37. The largest absolute Gasteiger partial charge is 0.390 e. The molecule has 7 rings (SSSR count). The van der Waals surface area contributed by atoms with E-state index in [-0.39, 0.29) is 19.3 Å². The van der Waals surface area contributed by atoms with E-state index < -0.39 is 35.7 Å². The first kappa shape index (κ1) is 35.3. The number of alkyl halides is 1. The van der Waals surface area contributed by atoms with E-state index in [0.717, 1.165) is 26.4 Å². The highest BCUT2D eigenvalue weighted by Gasteiger charge is 2.66. The van der Waals surface area contributed by atoms with Gasteiger partial charge in [0, 0.05) is 40.5 Å². The second-order valence-electron chi connectivity index (χ2n) is 13.5. The topological polar surface area (TPSA) is 69.9 Å². The molecule has 0 radical (unpaired) electrons. The lowest BCUT2D eigenvalue weighted by molar-refractivity contribution is -0.316. The Morgan fingerprint density at radius 2 is 1.24 bits per heavy atom. The van der Waals surface area contributed by atoms with Gasteiger partial charge in [-0.2, -0.15) is 0 Å². The third-order valence-electron chi connectivity index (χ3n) is 9.98. The van der Waals surface area contributed by atoms with Crippen molar-refractivity contribution in [2.45, 2.75) is 61.4 Å². The summed E-state index contributed by atoms with van der Waals surface area (Å²) in [6.07, 6.45) is -5.83. The number of halogens is 2. The van der Waals surface area contributed by atoms with Crippen LogP contribution in [-0.4, -0.2) is 44.9 Å². The van der Waals surface area contributed by atoms with E-state index in [1.54, 1.807) is 35.6 Å². The number of rotatable bonds is 11. The highest BCUT2D eigenvalue weighted by Crippen LogP contribution is 2.51. The molecule has 1 saturated heterocycles. The zero-order chi connectivity index (χ0) is 35.4. The van der Waals surface area contributed by atoms with Crippen LogP contribution in [0.25, 0.3) is 10.4 Å². The predicted molar refractivity (Wildman–Crippen MR) is 203 cm³/mol. The Labute approximate surface area is 307 Å². The van der Waals surface area contributed by atoms with Crippen molar-refractivity contribution in [1.29, 1.82) is 0 Å². The number of hydrogen-bond donors (Lipinski definition) is 3. The Morgan fingerprint density at radius 1 is 0.686 bits per heavy atom. The first-order valence-electron chi connectivity index (χ1n) is 17.2. The zero-order valence-corrected chi connectivity index (χ0v) is 29.6. The number of aliphatic hydroxyl groups excluding tert-OH is 1. The lowest BCUT2D eigenvalue weighted by atomic mass is 9.64. The Bertz CT molecular complexity index is 2030. The molecule has 7 heteroatoms. The number of benzene rings is 5. The summed E-state index contributed by atoms with van der Waals surface area (Å²) in [4.78, 5) is 2.23. The van der Waals surface area contributed by atoms with E-state index in [1.165, 1.54) is 0 Å². The van der Waals surface area contributed by atoms with Crippen LogP contribution in [0.2, 0.25) is 5.02 Å². The lowest BCUT2D eigenvalue weighted by Gasteiger charge is -2.56. The minimum Gasteiger partial charge on any atom is -0.390 e. The van der Waals surface area contributed by atoms with Crippen molar-refractivity contribution in [2.24, 2.45) is 0 Å². The molecule has 1 aromatic heterocycles. The monoisotopic (exact) mass is 718 g/mol. The molecule has 0 bridgehead atoms. The van der Waals surface area contributed by atoms with E-state index in [1.807, 2.05) is 103 Å². The smallest absolute Gasteiger partial charge is 0.161 e. The summed E-state index contributed by atoms with van der Waals surface area (Å²) in [5.74, 6) is 0. The first-order chi connectivity index (χ1) is 24.7. The molecule has 4 nitrogen and oxygen atoms in total. The fraction of sp³-hybridized carbons (Fsp3) is 0.227. The molecule has 5 aromatic carbocycles. The number of aliphatic hydroxyl groups is 3. The quantitative estimate of drug-likeness (QED) is 0.125. The van der Waals surface area contributed by atoms with Gasteiger partial charge in [-0.25, -0.2) is 4.39 Å². The van der Waals surface area contributed by atoms with Crippen molar-refractivity contribution in [3.63, 3.8) is 0 Å². The van der Waals surface area contributed by atoms with Crippen LogP contribution in [0.4, 0.5) is 4.39 Å². The van der Waals surface area contributed by atoms with Crippen LogP contribution in [0.3, 0.4) is 0 Å². The van der Waals surface area contributed by atoms with Gasteiger partial charge in [0.1, 0.15) is 23.4 Å². The van der Waals surface area contributed by atoms with Crippen molar-refractivity contribution in [2.75, 3.05) is 0 Å². The molecule has 0 amide bonds. The molecule has 51 heavy (non-hydrogen) atoms. The first-order valence-corrected chi connectivity index (χ1v) is 18.4. The normalized spacial score (nSPS) is 23.9. The minimum absolute atomic E-state index is 0.102. The standard InChI is InChI=1S/C44H40ClFO4S/c45-37-23-21-34(26-35(37)27-36-22-24-39(51-36)33-19-11-4-12-20-33)42-44(49,29-32-17-9-3-10-18-32)43(48,28-31-15-7-2-8-16-31)41(46)40(50-42)38(47)25-30-13-5-1-6-14-30/h1-24,26,38,40-42,47-49H,25,27-29H2/t38?,40-,41-,42+,43+,44+/m1/s1. The van der Waals surface area contributed by atoms with Crippen molar-refractivity contribution >= 4 is 22.9 Å². The summed E-state index contributed by atoms with van der Waals surface area (Å²) in [6, 6.07) is 47.4. The Balaban J connectivity index is 1.31. The van der Waals surface area contributed by atoms with Crippen molar-refractivity contribution in [3.8, 4) is 10.4 Å². The lowest BCUT2D eigenvalue weighted by Crippen LogP contribution is -2.73. The van der Waals surface area contributed by atoms with Gasteiger partial charge in [-0.05, 0) is 51.6 Å². The van der Waals surface area contributed by atoms with Crippen LogP contribution in [-0.2, 0) is 30.4 Å².